The monoisotopic (exact) mass is 565 g/mol. The number of carbonyl (C=O) groups excluding carboxylic acids is 1. The lowest BCUT2D eigenvalue weighted by atomic mass is 9.86. The van der Waals surface area contributed by atoms with Gasteiger partial charge >= 0.3 is 18.5 Å². The Morgan fingerprint density at radius 1 is 1.03 bits per heavy atom. The molecule has 216 valence electrons. The molecular formula is C24H29F6N5O4. The third kappa shape index (κ3) is 11.2. The van der Waals surface area contributed by atoms with Crippen molar-refractivity contribution in [3.63, 3.8) is 0 Å². The van der Waals surface area contributed by atoms with Gasteiger partial charge in [0.05, 0.1) is 0 Å². The number of hydrogen-bond donors (Lipinski definition) is 3. The van der Waals surface area contributed by atoms with Gasteiger partial charge in [-0.15, -0.1) is 13.2 Å². The predicted molar refractivity (Wildman–Crippen MR) is 130 cm³/mol. The molecule has 1 saturated carbocycles. The van der Waals surface area contributed by atoms with Crippen molar-refractivity contribution in [2.24, 2.45) is 5.92 Å². The maximum atomic E-state index is 12.3. The molecule has 3 rings (SSSR count). The number of aliphatic carboxylic acids is 1. The normalized spacial score (nSPS) is 17.4. The number of carbonyl (C=O) groups is 2. The van der Waals surface area contributed by atoms with Crippen molar-refractivity contribution in [1.82, 2.24) is 15.3 Å². The van der Waals surface area contributed by atoms with Crippen LogP contribution < -0.4 is 20.3 Å². The summed E-state index contributed by atoms with van der Waals surface area (Å²) in [6.07, 6.45) is -5.99. The Morgan fingerprint density at radius 3 is 2.08 bits per heavy atom. The van der Waals surface area contributed by atoms with Gasteiger partial charge in [-0.25, -0.2) is 14.8 Å². The first-order valence-electron chi connectivity index (χ1n) is 11.8. The van der Waals surface area contributed by atoms with Crippen molar-refractivity contribution < 1.29 is 45.8 Å². The van der Waals surface area contributed by atoms with Gasteiger partial charge in [0.2, 0.25) is 0 Å². The fourth-order valence-electron chi connectivity index (χ4n) is 3.72. The average molecular weight is 566 g/mol. The SMILES string of the molecule is Cc1nc(N[C@H]2CC[C@@H](CNC(=O)c3ccc(OC(F)(F)F)cc3)CC2)cc(N(C)C)n1.O=C(O)C(F)(F)F. The molecule has 1 fully saturated rings. The molecule has 1 aromatic heterocycles. The van der Waals surface area contributed by atoms with Crippen molar-refractivity contribution in [1.29, 1.82) is 0 Å². The van der Waals surface area contributed by atoms with Gasteiger partial charge in [0.15, 0.2) is 0 Å². The number of aromatic nitrogens is 2. The van der Waals surface area contributed by atoms with Crippen molar-refractivity contribution in [3.8, 4) is 5.75 Å². The topological polar surface area (TPSA) is 117 Å². The number of nitrogens with one attached hydrogen (secondary N) is 2. The smallest absolute Gasteiger partial charge is 0.475 e. The third-order valence-corrected chi connectivity index (χ3v) is 5.63. The first-order chi connectivity index (χ1) is 18.0. The summed E-state index contributed by atoms with van der Waals surface area (Å²) in [7, 11) is 3.88. The maximum absolute atomic E-state index is 12.3. The molecule has 0 atom stereocenters. The number of carboxylic acids is 1. The molecule has 2 aromatic rings. The Hall–Kier alpha value is -3.78. The molecule has 9 nitrogen and oxygen atoms in total. The number of hydrogen-bond acceptors (Lipinski definition) is 7. The number of aryl methyl sites for hydroxylation is 1. The molecule has 1 heterocycles. The molecule has 1 amide bonds. The number of halogens is 6. The zero-order valence-corrected chi connectivity index (χ0v) is 21.4. The van der Waals surface area contributed by atoms with Gasteiger partial charge in [0.25, 0.3) is 5.91 Å². The standard InChI is InChI=1S/C22H28F3N5O2.C2HF3O2/c1-14-27-19(12-20(28-14)30(2)3)29-17-8-4-15(5-9-17)13-26-21(31)16-6-10-18(11-7-16)32-22(23,24)25;3-2(4,5)1(6)7/h6-7,10-12,15,17H,4-5,8-9,13H2,1-3H3,(H,26,31)(H,27,28,29);(H,6,7)/t15-,17+;. The lowest BCUT2D eigenvalue weighted by Gasteiger charge is -2.29. The van der Waals surface area contributed by atoms with Gasteiger partial charge in [-0.05, 0) is 62.8 Å². The molecule has 15 heteroatoms. The van der Waals surface area contributed by atoms with E-state index in [0.717, 1.165) is 49.5 Å². The number of alkyl halides is 6. The zero-order valence-electron chi connectivity index (χ0n) is 21.4. The van der Waals surface area contributed by atoms with Gasteiger partial charge in [0.1, 0.15) is 23.2 Å². The van der Waals surface area contributed by atoms with E-state index in [1.54, 1.807) is 0 Å². The van der Waals surface area contributed by atoms with Crippen LogP contribution in [0.2, 0.25) is 0 Å². The van der Waals surface area contributed by atoms with Gasteiger partial charge in [0, 0.05) is 38.3 Å². The molecule has 0 saturated heterocycles. The summed E-state index contributed by atoms with van der Waals surface area (Å²) in [4.78, 5) is 32.0. The lowest BCUT2D eigenvalue weighted by molar-refractivity contribution is -0.274. The van der Waals surface area contributed by atoms with Gasteiger partial charge in [-0.3, -0.25) is 4.79 Å². The van der Waals surface area contributed by atoms with Crippen LogP contribution in [0.15, 0.2) is 30.3 Å². The van der Waals surface area contributed by atoms with Crippen LogP contribution in [-0.2, 0) is 4.79 Å². The first-order valence-corrected chi connectivity index (χ1v) is 11.8. The minimum atomic E-state index is -5.08. The summed E-state index contributed by atoms with van der Waals surface area (Å²) >= 11 is 0. The van der Waals surface area contributed by atoms with Crippen LogP contribution in [0.1, 0.15) is 41.9 Å². The molecule has 1 aliphatic carbocycles. The number of ether oxygens (including phenoxy) is 1. The van der Waals surface area contributed by atoms with Crippen LogP contribution in [0, 0.1) is 12.8 Å². The Balaban J connectivity index is 0.000000673. The lowest BCUT2D eigenvalue weighted by Crippen LogP contribution is -2.34. The second-order valence-corrected chi connectivity index (χ2v) is 9.00. The van der Waals surface area contributed by atoms with Crippen LogP contribution in [-0.4, -0.2) is 66.2 Å². The summed E-state index contributed by atoms with van der Waals surface area (Å²) in [5.74, 6) is -0.673. The predicted octanol–water partition coefficient (Wildman–Crippen LogP) is 4.78. The molecular weight excluding hydrogens is 536 g/mol. The molecule has 0 aliphatic heterocycles. The van der Waals surface area contributed by atoms with E-state index >= 15 is 0 Å². The minimum Gasteiger partial charge on any atom is -0.475 e. The van der Waals surface area contributed by atoms with Crippen molar-refractivity contribution in [2.45, 2.75) is 51.2 Å². The molecule has 3 N–H and O–H groups in total. The average Bonchev–Trinajstić information content (AvgIpc) is 2.82. The van der Waals surface area contributed by atoms with Crippen LogP contribution in [0.3, 0.4) is 0 Å². The highest BCUT2D eigenvalue weighted by atomic mass is 19.4. The number of benzene rings is 1. The van der Waals surface area contributed by atoms with Crippen LogP contribution in [0.4, 0.5) is 38.0 Å². The van der Waals surface area contributed by atoms with Gasteiger partial charge in [-0.2, -0.15) is 13.2 Å². The van der Waals surface area contributed by atoms with E-state index in [-0.39, 0.29) is 11.7 Å². The molecule has 39 heavy (non-hydrogen) atoms. The Morgan fingerprint density at radius 2 is 1.59 bits per heavy atom. The largest absolute Gasteiger partial charge is 0.573 e. The van der Waals surface area contributed by atoms with Crippen molar-refractivity contribution in [2.75, 3.05) is 30.9 Å². The second-order valence-electron chi connectivity index (χ2n) is 9.00. The number of nitrogens with zero attached hydrogens (tertiary/aromatic N) is 3. The van der Waals surface area contributed by atoms with E-state index in [1.807, 2.05) is 32.0 Å². The highest BCUT2D eigenvalue weighted by molar-refractivity contribution is 5.94. The van der Waals surface area contributed by atoms with E-state index in [9.17, 15) is 31.1 Å². The third-order valence-electron chi connectivity index (χ3n) is 5.63. The van der Waals surface area contributed by atoms with Crippen LogP contribution in [0.5, 0.6) is 5.75 Å². The Labute approximate surface area is 220 Å². The molecule has 1 aromatic carbocycles. The summed E-state index contributed by atoms with van der Waals surface area (Å²) < 4.78 is 72.2. The Bertz CT molecular complexity index is 1100. The highest BCUT2D eigenvalue weighted by Crippen LogP contribution is 2.27. The number of amides is 1. The van der Waals surface area contributed by atoms with E-state index in [1.165, 1.54) is 12.1 Å². The van der Waals surface area contributed by atoms with Gasteiger partial charge in [-0.1, -0.05) is 0 Å². The summed E-state index contributed by atoms with van der Waals surface area (Å²) in [6, 6.07) is 7.16. The first kappa shape index (κ1) is 31.4. The maximum Gasteiger partial charge on any atom is 0.573 e. The Kier molecular flexibility index (Phi) is 10.7. The number of rotatable bonds is 7. The molecule has 1 aliphatic rings. The summed E-state index contributed by atoms with van der Waals surface area (Å²) in [5.41, 5.74) is 0.297. The molecule has 0 spiro atoms. The van der Waals surface area contributed by atoms with Crippen LogP contribution >= 0.6 is 0 Å². The van der Waals surface area contributed by atoms with Crippen molar-refractivity contribution >= 4 is 23.5 Å². The summed E-state index contributed by atoms with van der Waals surface area (Å²) in [5, 5.41) is 13.5. The fraction of sp³-hybridized carbons (Fsp3) is 0.500. The summed E-state index contributed by atoms with van der Waals surface area (Å²) in [6.45, 7) is 2.40. The molecule has 0 radical (unpaired) electrons. The van der Waals surface area contributed by atoms with Crippen molar-refractivity contribution in [3.05, 3.63) is 41.7 Å². The van der Waals surface area contributed by atoms with Crippen LogP contribution in [0.25, 0.3) is 0 Å². The molecule has 0 unspecified atom stereocenters. The highest BCUT2D eigenvalue weighted by Gasteiger charge is 2.38. The minimum absolute atomic E-state index is 0.297. The molecule has 0 bridgehead atoms. The van der Waals surface area contributed by atoms with E-state index < -0.39 is 18.5 Å². The van der Waals surface area contributed by atoms with E-state index in [4.69, 9.17) is 9.90 Å². The quantitative estimate of drug-likeness (QED) is 0.411. The fourth-order valence-corrected chi connectivity index (χ4v) is 3.72. The number of anilines is 2. The van der Waals surface area contributed by atoms with Gasteiger partial charge < -0.3 is 25.4 Å². The number of carboxylic acid groups (broad SMARTS) is 1. The van der Waals surface area contributed by atoms with E-state index in [2.05, 4.69) is 25.3 Å². The zero-order chi connectivity index (χ0) is 29.4. The van der Waals surface area contributed by atoms with E-state index in [0.29, 0.717) is 29.9 Å². The second kappa shape index (κ2) is 13.3.